The molecule has 2 fully saturated rings. The van der Waals surface area contributed by atoms with Crippen LogP contribution >= 0.6 is 0 Å². The van der Waals surface area contributed by atoms with Crippen LogP contribution in [0.25, 0.3) is 10.8 Å². The highest BCUT2D eigenvalue weighted by atomic mass is 16.2. The summed E-state index contributed by atoms with van der Waals surface area (Å²) < 4.78 is 1.37. The molecule has 0 radical (unpaired) electrons. The molecule has 2 aromatic rings. The first-order chi connectivity index (χ1) is 13.1. The second-order valence-electron chi connectivity index (χ2n) is 7.44. The number of benzene rings is 1. The summed E-state index contributed by atoms with van der Waals surface area (Å²) in [7, 11) is 0. The van der Waals surface area contributed by atoms with E-state index in [1.165, 1.54) is 17.5 Å². The number of amides is 2. The molecule has 7 nitrogen and oxygen atoms in total. The minimum absolute atomic E-state index is 0.0921. The lowest BCUT2D eigenvalue weighted by Crippen LogP contribution is -2.38. The maximum Gasteiger partial charge on any atom is 0.274 e. The lowest BCUT2D eigenvalue weighted by Gasteiger charge is -2.23. The van der Waals surface area contributed by atoms with E-state index in [9.17, 15) is 14.4 Å². The lowest BCUT2D eigenvalue weighted by molar-refractivity contribution is -0.130. The Morgan fingerprint density at radius 2 is 1.96 bits per heavy atom. The van der Waals surface area contributed by atoms with Crippen LogP contribution in [0.2, 0.25) is 0 Å². The first kappa shape index (κ1) is 17.7. The van der Waals surface area contributed by atoms with Gasteiger partial charge in [0.2, 0.25) is 11.8 Å². The van der Waals surface area contributed by atoms with Crippen LogP contribution in [0.4, 0.5) is 0 Å². The van der Waals surface area contributed by atoms with Gasteiger partial charge in [-0.2, -0.15) is 5.10 Å². The third kappa shape index (κ3) is 3.59. The van der Waals surface area contributed by atoms with Crippen molar-refractivity contribution >= 4 is 22.6 Å². The Hall–Kier alpha value is -2.70. The van der Waals surface area contributed by atoms with E-state index in [0.29, 0.717) is 31.1 Å². The van der Waals surface area contributed by atoms with Gasteiger partial charge < -0.3 is 10.2 Å². The second-order valence-corrected chi connectivity index (χ2v) is 7.44. The third-order valence-corrected chi connectivity index (χ3v) is 5.68. The summed E-state index contributed by atoms with van der Waals surface area (Å²) in [6.45, 7) is 1.14. The van der Waals surface area contributed by atoms with Crippen molar-refractivity contribution in [3.05, 3.63) is 40.8 Å². The van der Waals surface area contributed by atoms with Gasteiger partial charge >= 0.3 is 0 Å². The van der Waals surface area contributed by atoms with Gasteiger partial charge in [-0.1, -0.05) is 31.0 Å². The molecular weight excluding hydrogens is 344 g/mol. The number of carbonyl (C=O) groups excluding carboxylic acids is 2. The van der Waals surface area contributed by atoms with E-state index in [1.54, 1.807) is 12.3 Å². The van der Waals surface area contributed by atoms with Gasteiger partial charge in [-0.3, -0.25) is 14.4 Å². The van der Waals surface area contributed by atoms with E-state index >= 15 is 0 Å². The number of hydrogen-bond donors (Lipinski definition) is 1. The van der Waals surface area contributed by atoms with Gasteiger partial charge in [0.1, 0.15) is 0 Å². The summed E-state index contributed by atoms with van der Waals surface area (Å²) in [5, 5.41) is 8.45. The summed E-state index contributed by atoms with van der Waals surface area (Å²) in [5.41, 5.74) is -0.161. The predicted molar refractivity (Wildman–Crippen MR) is 101 cm³/mol. The molecule has 2 heterocycles. The number of likely N-dealkylation sites (tertiary alicyclic amines) is 1. The number of aromatic nitrogens is 2. The molecule has 142 valence electrons. The Balaban J connectivity index is 1.33. The Bertz CT molecular complexity index is 917. The van der Waals surface area contributed by atoms with Crippen molar-refractivity contribution < 1.29 is 9.59 Å². The van der Waals surface area contributed by atoms with E-state index in [1.807, 2.05) is 23.1 Å². The number of carbonyl (C=O) groups is 2. The van der Waals surface area contributed by atoms with Crippen LogP contribution in [0.3, 0.4) is 0 Å². The molecule has 2 aliphatic rings. The fourth-order valence-electron chi connectivity index (χ4n) is 4.19. The summed E-state index contributed by atoms with van der Waals surface area (Å²) in [4.78, 5) is 39.0. The van der Waals surface area contributed by atoms with E-state index in [0.717, 1.165) is 18.2 Å². The van der Waals surface area contributed by atoms with E-state index in [4.69, 9.17) is 0 Å². The van der Waals surface area contributed by atoms with Crippen molar-refractivity contribution in [1.29, 1.82) is 0 Å². The molecule has 7 heteroatoms. The van der Waals surface area contributed by atoms with Crippen molar-refractivity contribution in [1.82, 2.24) is 20.0 Å². The molecule has 2 amide bonds. The molecule has 1 saturated carbocycles. The summed E-state index contributed by atoms with van der Waals surface area (Å²) in [6, 6.07) is 7.63. The Morgan fingerprint density at radius 3 is 2.78 bits per heavy atom. The van der Waals surface area contributed by atoms with Crippen LogP contribution in [-0.4, -0.2) is 45.6 Å². The summed E-state index contributed by atoms with van der Waals surface area (Å²) in [6.07, 6.45) is 6.38. The SMILES string of the molecule is O=C(NCCn1ncc2ccccc2c1=O)[C@H]1CC(=O)N(C2CCCC2)C1. The Labute approximate surface area is 157 Å². The highest BCUT2D eigenvalue weighted by Gasteiger charge is 2.38. The molecule has 27 heavy (non-hydrogen) atoms. The van der Waals surface area contributed by atoms with Gasteiger partial charge in [0.05, 0.1) is 24.0 Å². The van der Waals surface area contributed by atoms with Gasteiger partial charge in [-0.25, -0.2) is 4.68 Å². The molecule has 1 N–H and O–H groups in total. The van der Waals surface area contributed by atoms with Crippen molar-refractivity contribution in [2.75, 3.05) is 13.1 Å². The van der Waals surface area contributed by atoms with Gasteiger partial charge in [0, 0.05) is 30.9 Å². The van der Waals surface area contributed by atoms with Crippen LogP contribution < -0.4 is 10.9 Å². The number of fused-ring (bicyclic) bond motifs is 1. The second kappa shape index (κ2) is 7.50. The van der Waals surface area contributed by atoms with Crippen LogP contribution in [0, 0.1) is 5.92 Å². The zero-order chi connectivity index (χ0) is 18.8. The van der Waals surface area contributed by atoms with Crippen LogP contribution in [0.1, 0.15) is 32.1 Å². The van der Waals surface area contributed by atoms with Crippen molar-refractivity contribution in [3.63, 3.8) is 0 Å². The smallest absolute Gasteiger partial charge is 0.274 e. The van der Waals surface area contributed by atoms with Crippen molar-refractivity contribution in [2.45, 2.75) is 44.7 Å². The first-order valence-corrected chi connectivity index (χ1v) is 9.65. The lowest BCUT2D eigenvalue weighted by atomic mass is 10.1. The maximum absolute atomic E-state index is 12.4. The molecule has 1 aliphatic carbocycles. The predicted octanol–water partition coefficient (Wildman–Crippen LogP) is 1.30. The van der Waals surface area contributed by atoms with Gasteiger partial charge in [-0.05, 0) is 18.9 Å². The molecule has 0 bridgehead atoms. The minimum Gasteiger partial charge on any atom is -0.354 e. The average Bonchev–Trinajstić information content (AvgIpc) is 3.33. The topological polar surface area (TPSA) is 84.3 Å². The molecule has 1 aromatic heterocycles. The maximum atomic E-state index is 12.4. The fraction of sp³-hybridized carbons (Fsp3) is 0.500. The van der Waals surface area contributed by atoms with Crippen molar-refractivity contribution in [2.24, 2.45) is 5.92 Å². The Kier molecular flexibility index (Phi) is 4.92. The standard InChI is InChI=1S/C20H24N4O3/c25-18-11-15(13-23(18)16-6-2-3-7-16)19(26)21-9-10-24-20(27)17-8-4-1-5-14(17)12-22-24/h1,4-5,8,12,15-16H,2-3,6-7,9-11,13H2,(H,21,26)/t15-/m0/s1. The summed E-state index contributed by atoms with van der Waals surface area (Å²) in [5.74, 6) is -0.313. The Morgan fingerprint density at radius 1 is 1.19 bits per heavy atom. The number of nitrogens with zero attached hydrogens (tertiary/aromatic N) is 3. The normalized spacial score (nSPS) is 20.5. The molecule has 1 aromatic carbocycles. The molecule has 1 aliphatic heterocycles. The minimum atomic E-state index is -0.292. The zero-order valence-electron chi connectivity index (χ0n) is 15.3. The summed E-state index contributed by atoms with van der Waals surface area (Å²) >= 11 is 0. The van der Waals surface area contributed by atoms with Gasteiger partial charge in [-0.15, -0.1) is 0 Å². The highest BCUT2D eigenvalue weighted by Crippen LogP contribution is 2.29. The van der Waals surface area contributed by atoms with Gasteiger partial charge in [0.25, 0.3) is 5.56 Å². The quantitative estimate of drug-likeness (QED) is 0.862. The first-order valence-electron chi connectivity index (χ1n) is 9.65. The molecule has 4 rings (SSSR count). The van der Waals surface area contributed by atoms with Gasteiger partial charge in [0.15, 0.2) is 0 Å². The number of rotatable bonds is 5. The van der Waals surface area contributed by atoms with E-state index < -0.39 is 0 Å². The molecule has 1 saturated heterocycles. The monoisotopic (exact) mass is 368 g/mol. The molecule has 1 atom stereocenters. The zero-order valence-corrected chi connectivity index (χ0v) is 15.3. The van der Waals surface area contributed by atoms with Crippen LogP contribution in [-0.2, 0) is 16.1 Å². The van der Waals surface area contributed by atoms with Crippen molar-refractivity contribution in [3.8, 4) is 0 Å². The fourth-order valence-corrected chi connectivity index (χ4v) is 4.19. The molecule has 0 unspecified atom stereocenters. The number of hydrogen-bond acceptors (Lipinski definition) is 4. The van der Waals surface area contributed by atoms with E-state index in [2.05, 4.69) is 10.4 Å². The molecule has 0 spiro atoms. The third-order valence-electron chi connectivity index (χ3n) is 5.68. The molecular formula is C20H24N4O3. The number of nitrogens with one attached hydrogen (secondary N) is 1. The van der Waals surface area contributed by atoms with Crippen LogP contribution in [0.15, 0.2) is 35.3 Å². The average molecular weight is 368 g/mol. The van der Waals surface area contributed by atoms with E-state index in [-0.39, 0.29) is 29.7 Å². The largest absolute Gasteiger partial charge is 0.354 e. The highest BCUT2D eigenvalue weighted by molar-refractivity contribution is 5.89. The van der Waals surface area contributed by atoms with Crippen LogP contribution in [0.5, 0.6) is 0 Å².